The van der Waals surface area contributed by atoms with Gasteiger partial charge in [-0.2, -0.15) is 0 Å². The molecule has 1 aliphatic rings. The molecule has 0 N–H and O–H groups in total. The zero-order valence-corrected chi connectivity index (χ0v) is 12.7. The number of nitrogens with zero attached hydrogens (tertiary/aromatic N) is 1. The minimum Gasteiger partial charge on any atom is -0.497 e. The van der Waals surface area contributed by atoms with Gasteiger partial charge in [-0.05, 0) is 18.6 Å². The molecule has 0 radical (unpaired) electrons. The highest BCUT2D eigenvalue weighted by Crippen LogP contribution is 2.26. The Morgan fingerprint density at radius 1 is 1.33 bits per heavy atom. The Morgan fingerprint density at radius 2 is 2.14 bits per heavy atom. The molecule has 5 nitrogen and oxygen atoms in total. The first-order chi connectivity index (χ1) is 10.2. The first kappa shape index (κ1) is 15.2. The Labute approximate surface area is 125 Å². The summed E-state index contributed by atoms with van der Waals surface area (Å²) in [6.07, 6.45) is 3.83. The Balaban J connectivity index is 2.19. The highest BCUT2D eigenvalue weighted by molar-refractivity contribution is 5.87. The van der Waals surface area contributed by atoms with Gasteiger partial charge in [-0.15, -0.1) is 0 Å². The van der Waals surface area contributed by atoms with Crippen LogP contribution in [0.3, 0.4) is 0 Å². The summed E-state index contributed by atoms with van der Waals surface area (Å²) in [6.45, 7) is 3.09. The second-order valence-corrected chi connectivity index (χ2v) is 4.87. The highest BCUT2D eigenvalue weighted by atomic mass is 16.5. The molecule has 1 amide bonds. The second kappa shape index (κ2) is 7.02. The van der Waals surface area contributed by atoms with E-state index < -0.39 is 0 Å². The molecule has 0 aromatic heterocycles. The van der Waals surface area contributed by atoms with Gasteiger partial charge in [0.05, 0.1) is 27.0 Å². The monoisotopic (exact) mass is 291 g/mol. The number of benzene rings is 1. The minimum absolute atomic E-state index is 0.0249. The molecule has 21 heavy (non-hydrogen) atoms. The maximum absolute atomic E-state index is 12.1. The van der Waals surface area contributed by atoms with Crippen molar-refractivity contribution in [2.24, 2.45) is 0 Å². The van der Waals surface area contributed by atoms with Crippen LogP contribution in [0.4, 0.5) is 0 Å². The second-order valence-electron chi connectivity index (χ2n) is 4.87. The van der Waals surface area contributed by atoms with Gasteiger partial charge < -0.3 is 19.1 Å². The zero-order valence-electron chi connectivity index (χ0n) is 12.7. The molecule has 1 aromatic rings. The number of hydrogen-bond acceptors (Lipinski definition) is 4. The standard InChI is InChI=1S/C16H21NO4/c1-4-13-11-17(16(18)7-8-21-13)10-12-5-6-14(19-2)9-15(12)20-3/h5-9,13H,4,10-11H2,1-3H3/t13-/m1/s1. The van der Waals surface area contributed by atoms with Crippen molar-refractivity contribution in [3.05, 3.63) is 36.1 Å². The van der Waals surface area contributed by atoms with E-state index in [0.29, 0.717) is 18.8 Å². The summed E-state index contributed by atoms with van der Waals surface area (Å²) in [5.41, 5.74) is 0.941. The lowest BCUT2D eigenvalue weighted by atomic mass is 10.1. The number of ether oxygens (including phenoxy) is 3. The van der Waals surface area contributed by atoms with Crippen LogP contribution in [0.1, 0.15) is 18.9 Å². The fourth-order valence-corrected chi connectivity index (χ4v) is 2.25. The van der Waals surface area contributed by atoms with Gasteiger partial charge in [-0.3, -0.25) is 4.79 Å². The highest BCUT2D eigenvalue weighted by Gasteiger charge is 2.21. The molecule has 0 spiro atoms. The molecule has 114 valence electrons. The lowest BCUT2D eigenvalue weighted by Crippen LogP contribution is -2.34. The summed E-state index contributed by atoms with van der Waals surface area (Å²) < 4.78 is 16.1. The van der Waals surface area contributed by atoms with E-state index in [-0.39, 0.29) is 12.0 Å². The molecule has 1 heterocycles. The summed E-state index contributed by atoms with van der Waals surface area (Å²) in [5.74, 6) is 1.39. The van der Waals surface area contributed by atoms with Gasteiger partial charge in [0.25, 0.3) is 0 Å². The first-order valence-electron chi connectivity index (χ1n) is 6.99. The average Bonchev–Trinajstić information content (AvgIpc) is 2.69. The van der Waals surface area contributed by atoms with Crippen molar-refractivity contribution >= 4 is 5.91 Å². The zero-order chi connectivity index (χ0) is 15.2. The summed E-state index contributed by atoms with van der Waals surface area (Å²) in [5, 5.41) is 0. The van der Waals surface area contributed by atoms with Crippen LogP contribution in [0.2, 0.25) is 0 Å². The van der Waals surface area contributed by atoms with E-state index >= 15 is 0 Å². The predicted molar refractivity (Wildman–Crippen MR) is 79.3 cm³/mol. The Bertz CT molecular complexity index is 527. The molecular formula is C16H21NO4. The van der Waals surface area contributed by atoms with E-state index in [1.54, 1.807) is 19.1 Å². The van der Waals surface area contributed by atoms with E-state index in [2.05, 4.69) is 0 Å². The van der Waals surface area contributed by atoms with Crippen molar-refractivity contribution in [2.75, 3.05) is 20.8 Å². The number of rotatable bonds is 5. The molecule has 0 aliphatic carbocycles. The lowest BCUT2D eigenvalue weighted by Gasteiger charge is -2.24. The summed E-state index contributed by atoms with van der Waals surface area (Å²) in [6, 6.07) is 5.60. The Hall–Kier alpha value is -2.17. The molecule has 5 heteroatoms. The van der Waals surface area contributed by atoms with Gasteiger partial charge in [0.15, 0.2) is 0 Å². The topological polar surface area (TPSA) is 48.0 Å². The third-order valence-electron chi connectivity index (χ3n) is 3.53. The summed E-state index contributed by atoms with van der Waals surface area (Å²) in [4.78, 5) is 13.9. The lowest BCUT2D eigenvalue weighted by molar-refractivity contribution is -0.127. The summed E-state index contributed by atoms with van der Waals surface area (Å²) >= 11 is 0. The van der Waals surface area contributed by atoms with E-state index in [0.717, 1.165) is 17.7 Å². The largest absolute Gasteiger partial charge is 0.497 e. The normalized spacial score (nSPS) is 18.1. The van der Waals surface area contributed by atoms with E-state index in [9.17, 15) is 4.79 Å². The molecule has 0 saturated carbocycles. The van der Waals surface area contributed by atoms with Crippen molar-refractivity contribution in [3.8, 4) is 11.5 Å². The van der Waals surface area contributed by atoms with Gasteiger partial charge in [-0.1, -0.05) is 6.92 Å². The van der Waals surface area contributed by atoms with Crippen molar-refractivity contribution < 1.29 is 19.0 Å². The van der Waals surface area contributed by atoms with Crippen LogP contribution in [0.25, 0.3) is 0 Å². The molecule has 1 aromatic carbocycles. The maximum Gasteiger partial charge on any atom is 0.250 e. The van der Waals surface area contributed by atoms with Crippen LogP contribution < -0.4 is 9.47 Å². The number of methoxy groups -OCH3 is 2. The van der Waals surface area contributed by atoms with Crippen LogP contribution >= 0.6 is 0 Å². The van der Waals surface area contributed by atoms with Crippen molar-refractivity contribution in [2.45, 2.75) is 26.0 Å². The Morgan fingerprint density at radius 3 is 2.81 bits per heavy atom. The molecular weight excluding hydrogens is 270 g/mol. The molecule has 0 fully saturated rings. The fourth-order valence-electron chi connectivity index (χ4n) is 2.25. The summed E-state index contributed by atoms with van der Waals surface area (Å²) in [7, 11) is 3.22. The van der Waals surface area contributed by atoms with Gasteiger partial charge in [0.2, 0.25) is 5.91 Å². The Kier molecular flexibility index (Phi) is 5.09. The van der Waals surface area contributed by atoms with Crippen molar-refractivity contribution in [3.63, 3.8) is 0 Å². The minimum atomic E-state index is -0.0520. The van der Waals surface area contributed by atoms with Crippen LogP contribution in [-0.4, -0.2) is 37.7 Å². The molecule has 1 atom stereocenters. The van der Waals surface area contributed by atoms with Crippen LogP contribution in [0.5, 0.6) is 11.5 Å². The predicted octanol–water partition coefficient (Wildman–Crippen LogP) is 2.35. The number of hydrogen-bond donors (Lipinski definition) is 0. The van der Waals surface area contributed by atoms with Crippen LogP contribution in [-0.2, 0) is 16.1 Å². The quantitative estimate of drug-likeness (QED) is 0.835. The molecule has 2 rings (SSSR count). The molecule has 0 saturated heterocycles. The molecule has 0 bridgehead atoms. The average molecular weight is 291 g/mol. The van der Waals surface area contributed by atoms with E-state index in [4.69, 9.17) is 14.2 Å². The smallest absolute Gasteiger partial charge is 0.250 e. The number of carbonyl (C=O) groups is 1. The molecule has 1 aliphatic heterocycles. The van der Waals surface area contributed by atoms with Crippen LogP contribution in [0.15, 0.2) is 30.5 Å². The molecule has 0 unspecified atom stereocenters. The maximum atomic E-state index is 12.1. The van der Waals surface area contributed by atoms with E-state index in [1.807, 2.05) is 25.1 Å². The SMILES string of the molecule is CC[C@@H]1CN(Cc2ccc(OC)cc2OC)C(=O)C=CO1. The fraction of sp³-hybridized carbons (Fsp3) is 0.438. The van der Waals surface area contributed by atoms with Gasteiger partial charge in [0.1, 0.15) is 17.6 Å². The van der Waals surface area contributed by atoms with Crippen molar-refractivity contribution in [1.29, 1.82) is 0 Å². The van der Waals surface area contributed by atoms with E-state index in [1.165, 1.54) is 12.3 Å². The number of carbonyl (C=O) groups excluding carboxylic acids is 1. The van der Waals surface area contributed by atoms with Crippen molar-refractivity contribution in [1.82, 2.24) is 4.90 Å². The van der Waals surface area contributed by atoms with Gasteiger partial charge in [0, 0.05) is 24.3 Å². The first-order valence-corrected chi connectivity index (χ1v) is 6.99. The van der Waals surface area contributed by atoms with Gasteiger partial charge in [-0.25, -0.2) is 0 Å². The van der Waals surface area contributed by atoms with Crippen LogP contribution in [0, 0.1) is 0 Å². The third kappa shape index (κ3) is 3.68. The van der Waals surface area contributed by atoms with Gasteiger partial charge >= 0.3 is 0 Å². The number of amides is 1. The third-order valence-corrected chi connectivity index (χ3v) is 3.53.